The van der Waals surface area contributed by atoms with Gasteiger partial charge in [0.25, 0.3) is 5.91 Å². The average molecular weight is 364 g/mol. The number of hydrogen-bond acceptors (Lipinski definition) is 7. The number of hydrogen-bond donors (Lipinski definition) is 2. The number of morpholine rings is 1. The molecule has 0 bridgehead atoms. The second kappa shape index (κ2) is 7.13. The summed E-state index contributed by atoms with van der Waals surface area (Å²) in [6.45, 7) is 1.11. The lowest BCUT2D eigenvalue weighted by atomic mass is 10.2. The highest BCUT2D eigenvalue weighted by molar-refractivity contribution is 7.89. The topological polar surface area (TPSA) is 122 Å². The Hall–Kier alpha value is -2.56. The number of sulfonamides is 1. The molecule has 0 spiro atoms. The lowest BCUT2D eigenvalue weighted by Gasteiger charge is -2.26. The molecule has 0 aliphatic carbocycles. The van der Waals surface area contributed by atoms with Crippen LogP contribution >= 0.6 is 0 Å². The molecule has 10 heteroatoms. The van der Waals surface area contributed by atoms with E-state index in [-0.39, 0.29) is 35.2 Å². The van der Waals surface area contributed by atoms with Gasteiger partial charge in [-0.3, -0.25) is 10.1 Å². The molecule has 1 amide bonds. The first-order chi connectivity index (χ1) is 12.0. The lowest BCUT2D eigenvalue weighted by Crippen LogP contribution is -2.40. The van der Waals surface area contributed by atoms with E-state index in [0.29, 0.717) is 13.2 Å². The number of carbonyl (C=O) groups is 1. The smallest absolute Gasteiger partial charge is 0.261 e. The van der Waals surface area contributed by atoms with E-state index in [1.807, 2.05) is 0 Å². The second-order valence-electron chi connectivity index (χ2n) is 5.22. The molecule has 2 N–H and O–H groups in total. The third-order valence-corrected chi connectivity index (χ3v) is 5.51. The monoisotopic (exact) mass is 364 g/mol. The molecule has 1 aliphatic rings. The molecule has 0 unspecified atom stereocenters. The quantitative estimate of drug-likeness (QED) is 0.808. The van der Waals surface area contributed by atoms with Gasteiger partial charge in [-0.2, -0.15) is 4.31 Å². The SMILES string of the molecule is O=C(Nc1ncccn1)c1cc(S(=O)(=O)N2CCOCC2)ccc1O. The molecule has 1 aliphatic heterocycles. The number of ether oxygens (including phenoxy) is 1. The maximum Gasteiger partial charge on any atom is 0.261 e. The first kappa shape index (κ1) is 17.3. The fourth-order valence-electron chi connectivity index (χ4n) is 2.33. The number of carbonyl (C=O) groups excluding carboxylic acids is 1. The molecular weight excluding hydrogens is 348 g/mol. The number of anilines is 1. The van der Waals surface area contributed by atoms with Gasteiger partial charge >= 0.3 is 0 Å². The average Bonchev–Trinajstić information content (AvgIpc) is 2.63. The highest BCUT2D eigenvalue weighted by Crippen LogP contribution is 2.24. The molecule has 2 heterocycles. The number of rotatable bonds is 4. The van der Waals surface area contributed by atoms with Gasteiger partial charge in [-0.05, 0) is 24.3 Å². The van der Waals surface area contributed by atoms with Crippen molar-refractivity contribution in [2.45, 2.75) is 4.90 Å². The molecule has 1 aromatic carbocycles. The van der Waals surface area contributed by atoms with Gasteiger partial charge in [-0.15, -0.1) is 0 Å². The van der Waals surface area contributed by atoms with Crippen LogP contribution in [-0.4, -0.2) is 60.0 Å². The van der Waals surface area contributed by atoms with Crippen LogP contribution in [0.2, 0.25) is 0 Å². The van der Waals surface area contributed by atoms with E-state index in [0.717, 1.165) is 6.07 Å². The van der Waals surface area contributed by atoms with Crippen molar-refractivity contribution in [3.8, 4) is 5.75 Å². The maximum absolute atomic E-state index is 12.7. The van der Waals surface area contributed by atoms with E-state index in [2.05, 4.69) is 15.3 Å². The van der Waals surface area contributed by atoms with Crippen LogP contribution in [-0.2, 0) is 14.8 Å². The third kappa shape index (κ3) is 3.76. The number of amides is 1. The van der Waals surface area contributed by atoms with Crippen molar-refractivity contribution in [2.24, 2.45) is 0 Å². The van der Waals surface area contributed by atoms with E-state index >= 15 is 0 Å². The van der Waals surface area contributed by atoms with E-state index < -0.39 is 15.9 Å². The Morgan fingerprint density at radius 2 is 1.88 bits per heavy atom. The van der Waals surface area contributed by atoms with Gasteiger partial charge in [0.05, 0.1) is 23.7 Å². The number of nitrogens with zero attached hydrogens (tertiary/aromatic N) is 3. The Bertz CT molecular complexity index is 867. The largest absolute Gasteiger partial charge is 0.507 e. The lowest BCUT2D eigenvalue weighted by molar-refractivity contribution is 0.0730. The van der Waals surface area contributed by atoms with E-state index in [1.165, 1.54) is 28.8 Å². The highest BCUT2D eigenvalue weighted by Gasteiger charge is 2.27. The van der Waals surface area contributed by atoms with Crippen LogP contribution in [0.4, 0.5) is 5.95 Å². The Morgan fingerprint density at radius 1 is 1.20 bits per heavy atom. The Labute approximate surface area is 144 Å². The summed E-state index contributed by atoms with van der Waals surface area (Å²) in [6.07, 6.45) is 2.89. The zero-order chi connectivity index (χ0) is 17.9. The number of benzene rings is 1. The van der Waals surface area contributed by atoms with Crippen LogP contribution in [0.25, 0.3) is 0 Å². The summed E-state index contributed by atoms with van der Waals surface area (Å²) >= 11 is 0. The number of phenolic OH excluding ortho intramolecular Hbond substituents is 1. The summed E-state index contributed by atoms with van der Waals surface area (Å²) < 4.78 is 31.8. The van der Waals surface area contributed by atoms with Gasteiger partial charge in [-0.25, -0.2) is 18.4 Å². The summed E-state index contributed by atoms with van der Waals surface area (Å²) in [6, 6.07) is 5.16. The molecule has 25 heavy (non-hydrogen) atoms. The van der Waals surface area contributed by atoms with Gasteiger partial charge in [0.1, 0.15) is 5.75 Å². The van der Waals surface area contributed by atoms with E-state index in [9.17, 15) is 18.3 Å². The first-order valence-electron chi connectivity index (χ1n) is 7.48. The number of aromatic nitrogens is 2. The fraction of sp³-hybridized carbons (Fsp3) is 0.267. The van der Waals surface area contributed by atoms with Crippen LogP contribution in [0.15, 0.2) is 41.6 Å². The molecule has 1 saturated heterocycles. The molecule has 132 valence electrons. The third-order valence-electron chi connectivity index (χ3n) is 3.61. The number of phenols is 1. The van der Waals surface area contributed by atoms with Gasteiger partial charge in [-0.1, -0.05) is 0 Å². The zero-order valence-corrected chi connectivity index (χ0v) is 13.9. The zero-order valence-electron chi connectivity index (χ0n) is 13.1. The van der Waals surface area contributed by atoms with Crippen molar-refractivity contribution in [3.05, 3.63) is 42.2 Å². The molecule has 0 atom stereocenters. The number of aromatic hydroxyl groups is 1. The number of nitrogens with one attached hydrogen (secondary N) is 1. The van der Waals surface area contributed by atoms with E-state index in [1.54, 1.807) is 6.07 Å². The molecule has 0 radical (unpaired) electrons. The minimum atomic E-state index is -3.78. The van der Waals surface area contributed by atoms with Gasteiger partial charge in [0.2, 0.25) is 16.0 Å². The van der Waals surface area contributed by atoms with Crippen molar-refractivity contribution in [1.82, 2.24) is 14.3 Å². The van der Waals surface area contributed by atoms with Gasteiger partial charge < -0.3 is 9.84 Å². The van der Waals surface area contributed by atoms with Crippen molar-refractivity contribution in [1.29, 1.82) is 0 Å². The summed E-state index contributed by atoms with van der Waals surface area (Å²) in [5, 5.41) is 12.3. The van der Waals surface area contributed by atoms with Crippen LogP contribution in [0.1, 0.15) is 10.4 Å². The van der Waals surface area contributed by atoms with Crippen LogP contribution in [0, 0.1) is 0 Å². The van der Waals surface area contributed by atoms with Crippen LogP contribution in [0.3, 0.4) is 0 Å². The molecule has 2 aromatic rings. The molecule has 9 nitrogen and oxygen atoms in total. The predicted molar refractivity (Wildman–Crippen MR) is 87.7 cm³/mol. The van der Waals surface area contributed by atoms with Gasteiger partial charge in [0.15, 0.2) is 0 Å². The van der Waals surface area contributed by atoms with E-state index in [4.69, 9.17) is 4.74 Å². The maximum atomic E-state index is 12.7. The Kier molecular flexibility index (Phi) is 4.93. The minimum Gasteiger partial charge on any atom is -0.507 e. The molecule has 1 aromatic heterocycles. The molecular formula is C15H16N4O5S. The fourth-order valence-corrected chi connectivity index (χ4v) is 3.76. The normalized spacial score (nSPS) is 15.7. The summed E-state index contributed by atoms with van der Waals surface area (Å²) in [4.78, 5) is 19.9. The minimum absolute atomic E-state index is 0.0494. The molecule has 3 rings (SSSR count). The van der Waals surface area contributed by atoms with Crippen LogP contribution in [0.5, 0.6) is 5.75 Å². The summed E-state index contributed by atoms with van der Waals surface area (Å²) in [5.74, 6) is -0.995. The molecule has 1 fully saturated rings. The molecule has 0 saturated carbocycles. The van der Waals surface area contributed by atoms with Crippen molar-refractivity contribution < 1.29 is 23.1 Å². The summed E-state index contributed by atoms with van der Waals surface area (Å²) in [5.41, 5.74) is -0.179. The standard InChI is InChI=1S/C15H16N4O5S/c20-13-3-2-11(25(22,23)19-6-8-24-9-7-19)10-12(13)14(21)18-15-16-4-1-5-17-15/h1-5,10,20H,6-9H2,(H,16,17,18,21). The highest BCUT2D eigenvalue weighted by atomic mass is 32.2. The first-order valence-corrected chi connectivity index (χ1v) is 8.92. The summed E-state index contributed by atoms with van der Waals surface area (Å²) in [7, 11) is -3.78. The van der Waals surface area contributed by atoms with Gasteiger partial charge in [0, 0.05) is 25.5 Å². The van der Waals surface area contributed by atoms with Crippen molar-refractivity contribution in [3.63, 3.8) is 0 Å². The Balaban J connectivity index is 1.88. The van der Waals surface area contributed by atoms with Crippen LogP contribution < -0.4 is 5.32 Å². The Morgan fingerprint density at radius 3 is 2.56 bits per heavy atom. The van der Waals surface area contributed by atoms with Crippen molar-refractivity contribution >= 4 is 21.9 Å². The predicted octanol–water partition coefficient (Wildman–Crippen LogP) is 0.455. The van der Waals surface area contributed by atoms with Crippen molar-refractivity contribution in [2.75, 3.05) is 31.6 Å². The second-order valence-corrected chi connectivity index (χ2v) is 7.16.